The molecule has 1 fully saturated rings. The van der Waals surface area contributed by atoms with E-state index in [1.54, 1.807) is 18.3 Å². The van der Waals surface area contributed by atoms with Crippen LogP contribution in [-0.2, 0) is 17.6 Å². The van der Waals surface area contributed by atoms with Crippen LogP contribution in [0.4, 0.5) is 4.39 Å². The van der Waals surface area contributed by atoms with Crippen LogP contribution in [0.15, 0.2) is 65.2 Å². The molecule has 2 heterocycles. The van der Waals surface area contributed by atoms with Crippen molar-refractivity contribution in [1.29, 1.82) is 0 Å². The number of carbonyl (C=O) groups is 1. The van der Waals surface area contributed by atoms with Gasteiger partial charge in [-0.3, -0.25) is 4.79 Å². The molecule has 1 saturated heterocycles. The van der Waals surface area contributed by atoms with Crippen LogP contribution in [-0.4, -0.2) is 28.4 Å². The third kappa shape index (κ3) is 4.30. The third-order valence-corrected chi connectivity index (χ3v) is 5.25. The zero-order chi connectivity index (χ0) is 19.3. The van der Waals surface area contributed by atoms with Crippen LogP contribution in [0.25, 0.3) is 11.3 Å². The number of hydrogen-bond donors (Lipinski definition) is 0. The summed E-state index contributed by atoms with van der Waals surface area (Å²) in [5, 5.41) is 0. The fourth-order valence-electron chi connectivity index (χ4n) is 3.79. The van der Waals surface area contributed by atoms with Gasteiger partial charge in [0, 0.05) is 31.0 Å². The van der Waals surface area contributed by atoms with Gasteiger partial charge in [-0.25, -0.2) is 9.37 Å². The molecule has 0 bridgehead atoms. The Labute approximate surface area is 164 Å². The van der Waals surface area contributed by atoms with Gasteiger partial charge < -0.3 is 9.32 Å². The third-order valence-electron chi connectivity index (χ3n) is 5.25. The molecule has 1 unspecified atom stereocenters. The van der Waals surface area contributed by atoms with Gasteiger partial charge >= 0.3 is 0 Å². The summed E-state index contributed by atoms with van der Waals surface area (Å²) in [7, 11) is 0. The first-order valence-electron chi connectivity index (χ1n) is 9.73. The molecule has 4 rings (SSSR count). The predicted molar refractivity (Wildman–Crippen MR) is 105 cm³/mol. The first-order chi connectivity index (χ1) is 13.7. The molecule has 144 valence electrons. The lowest BCUT2D eigenvalue weighted by atomic mass is 10.0. The number of halogens is 1. The molecule has 1 aliphatic rings. The van der Waals surface area contributed by atoms with Gasteiger partial charge in [-0.15, -0.1) is 0 Å². The van der Waals surface area contributed by atoms with E-state index in [2.05, 4.69) is 17.1 Å². The van der Waals surface area contributed by atoms with Crippen LogP contribution in [0, 0.1) is 5.82 Å². The lowest BCUT2D eigenvalue weighted by Crippen LogP contribution is -2.36. The number of amides is 1. The maximum absolute atomic E-state index is 13.0. The summed E-state index contributed by atoms with van der Waals surface area (Å²) >= 11 is 0. The monoisotopic (exact) mass is 378 g/mol. The Balaban J connectivity index is 1.34. The lowest BCUT2D eigenvalue weighted by Gasteiger charge is -2.24. The van der Waals surface area contributed by atoms with Gasteiger partial charge in [0.1, 0.15) is 5.82 Å². The van der Waals surface area contributed by atoms with E-state index in [9.17, 15) is 9.18 Å². The number of carbonyl (C=O) groups excluding carboxylic acids is 1. The smallest absolute Gasteiger partial charge is 0.223 e. The summed E-state index contributed by atoms with van der Waals surface area (Å²) in [5.41, 5.74) is 2.04. The topological polar surface area (TPSA) is 46.3 Å². The Kier molecular flexibility index (Phi) is 5.51. The fourth-order valence-corrected chi connectivity index (χ4v) is 3.79. The molecular formula is C23H23FN2O2. The van der Waals surface area contributed by atoms with Crippen molar-refractivity contribution in [2.24, 2.45) is 0 Å². The molecule has 5 heteroatoms. The second kappa shape index (κ2) is 8.38. The van der Waals surface area contributed by atoms with Crippen molar-refractivity contribution < 1.29 is 13.6 Å². The maximum Gasteiger partial charge on any atom is 0.223 e. The summed E-state index contributed by atoms with van der Waals surface area (Å²) < 4.78 is 18.8. The van der Waals surface area contributed by atoms with Crippen molar-refractivity contribution in [3.8, 4) is 11.3 Å². The van der Waals surface area contributed by atoms with E-state index in [1.165, 1.54) is 17.7 Å². The highest BCUT2D eigenvalue weighted by atomic mass is 19.1. The minimum absolute atomic E-state index is 0.153. The average molecular weight is 378 g/mol. The van der Waals surface area contributed by atoms with Crippen LogP contribution in [0.2, 0.25) is 0 Å². The Morgan fingerprint density at radius 3 is 2.71 bits per heavy atom. The molecule has 3 aromatic rings. The van der Waals surface area contributed by atoms with Crippen molar-refractivity contribution in [2.45, 2.75) is 38.1 Å². The molecule has 28 heavy (non-hydrogen) atoms. The molecule has 1 amide bonds. The standard InChI is InChI=1S/C23H23FN2O2/c24-19-10-8-18(9-11-19)21-16-25-22(28-21)12-13-23(27)26-14-4-7-20(26)15-17-5-2-1-3-6-17/h1-3,5-6,8-11,16,20H,4,7,12-15H2. The van der Waals surface area contributed by atoms with Crippen LogP contribution in [0.5, 0.6) is 0 Å². The SMILES string of the molecule is O=C(CCc1ncc(-c2ccc(F)cc2)o1)N1CCCC1Cc1ccccc1. The average Bonchev–Trinajstić information content (AvgIpc) is 3.37. The summed E-state index contributed by atoms with van der Waals surface area (Å²) in [6, 6.07) is 16.7. The van der Waals surface area contributed by atoms with E-state index >= 15 is 0 Å². The van der Waals surface area contributed by atoms with Crippen molar-refractivity contribution in [1.82, 2.24) is 9.88 Å². The predicted octanol–water partition coefficient (Wildman–Crippen LogP) is 4.65. The van der Waals surface area contributed by atoms with Gasteiger partial charge in [0.05, 0.1) is 6.20 Å². The molecule has 0 N–H and O–H groups in total. The fraction of sp³-hybridized carbons (Fsp3) is 0.304. The highest BCUT2D eigenvalue weighted by molar-refractivity contribution is 5.77. The van der Waals surface area contributed by atoms with Gasteiger partial charge in [0.15, 0.2) is 11.7 Å². The largest absolute Gasteiger partial charge is 0.441 e. The van der Waals surface area contributed by atoms with Crippen molar-refractivity contribution >= 4 is 5.91 Å². The minimum atomic E-state index is -0.287. The minimum Gasteiger partial charge on any atom is -0.441 e. The van der Waals surface area contributed by atoms with Gasteiger partial charge in [-0.2, -0.15) is 0 Å². The zero-order valence-electron chi connectivity index (χ0n) is 15.7. The molecule has 0 spiro atoms. The number of rotatable bonds is 6. The molecular weight excluding hydrogens is 355 g/mol. The molecule has 1 aromatic heterocycles. The van der Waals surface area contributed by atoms with Crippen molar-refractivity contribution in [2.75, 3.05) is 6.54 Å². The van der Waals surface area contributed by atoms with Crippen molar-refractivity contribution in [3.63, 3.8) is 0 Å². The van der Waals surface area contributed by atoms with Crippen LogP contribution < -0.4 is 0 Å². The normalized spacial score (nSPS) is 16.5. The van der Waals surface area contributed by atoms with Crippen LogP contribution in [0.1, 0.15) is 30.7 Å². The van der Waals surface area contributed by atoms with Gasteiger partial charge in [-0.05, 0) is 49.1 Å². The Bertz CT molecular complexity index is 921. The van der Waals surface area contributed by atoms with Gasteiger partial charge in [-0.1, -0.05) is 30.3 Å². The first-order valence-corrected chi connectivity index (χ1v) is 9.73. The second-order valence-corrected chi connectivity index (χ2v) is 7.20. The van der Waals surface area contributed by atoms with E-state index in [0.717, 1.165) is 31.4 Å². The van der Waals surface area contributed by atoms with Crippen LogP contribution >= 0.6 is 0 Å². The van der Waals surface area contributed by atoms with Gasteiger partial charge in [0.2, 0.25) is 5.91 Å². The summed E-state index contributed by atoms with van der Waals surface area (Å²) in [6.07, 6.45) is 5.48. The van der Waals surface area contributed by atoms with Crippen molar-refractivity contribution in [3.05, 3.63) is 78.1 Å². The number of aryl methyl sites for hydroxylation is 1. The number of benzene rings is 2. The van der Waals surface area contributed by atoms with E-state index in [0.29, 0.717) is 24.5 Å². The number of hydrogen-bond acceptors (Lipinski definition) is 3. The molecule has 1 atom stereocenters. The summed E-state index contributed by atoms with van der Waals surface area (Å²) in [6.45, 7) is 0.822. The van der Waals surface area contributed by atoms with Gasteiger partial charge in [0.25, 0.3) is 0 Å². The number of likely N-dealkylation sites (tertiary alicyclic amines) is 1. The van der Waals surface area contributed by atoms with Crippen LogP contribution in [0.3, 0.4) is 0 Å². The van der Waals surface area contributed by atoms with E-state index in [1.807, 2.05) is 23.1 Å². The maximum atomic E-state index is 13.0. The zero-order valence-corrected chi connectivity index (χ0v) is 15.7. The Hall–Kier alpha value is -2.95. The Morgan fingerprint density at radius 1 is 1.14 bits per heavy atom. The number of aromatic nitrogens is 1. The molecule has 0 radical (unpaired) electrons. The number of oxazole rings is 1. The summed E-state index contributed by atoms with van der Waals surface area (Å²) in [4.78, 5) is 19.0. The van der Waals surface area contributed by atoms with E-state index in [-0.39, 0.29) is 17.8 Å². The van der Waals surface area contributed by atoms with E-state index in [4.69, 9.17) is 4.42 Å². The molecule has 0 aliphatic carbocycles. The highest BCUT2D eigenvalue weighted by Gasteiger charge is 2.28. The Morgan fingerprint density at radius 2 is 1.93 bits per heavy atom. The van der Waals surface area contributed by atoms with E-state index < -0.39 is 0 Å². The number of nitrogens with zero attached hydrogens (tertiary/aromatic N) is 2. The summed E-state index contributed by atoms with van der Waals surface area (Å²) in [5.74, 6) is 0.988. The first kappa shape index (κ1) is 18.4. The second-order valence-electron chi connectivity index (χ2n) is 7.20. The molecule has 0 saturated carbocycles. The molecule has 1 aliphatic heterocycles. The molecule has 4 nitrogen and oxygen atoms in total. The highest BCUT2D eigenvalue weighted by Crippen LogP contribution is 2.24. The lowest BCUT2D eigenvalue weighted by molar-refractivity contribution is -0.132. The quantitative estimate of drug-likeness (QED) is 0.627. The molecule has 2 aromatic carbocycles.